The van der Waals surface area contributed by atoms with Crippen molar-refractivity contribution in [2.75, 3.05) is 0 Å². The first kappa shape index (κ1) is 15.6. The van der Waals surface area contributed by atoms with Gasteiger partial charge in [-0.15, -0.1) is 0 Å². The maximum absolute atomic E-state index is 8.99. The fourth-order valence-corrected chi connectivity index (χ4v) is 2.86. The maximum Gasteiger partial charge on any atom is 0.109 e. The minimum Gasteiger partial charge on any atom is -0.328 e. The van der Waals surface area contributed by atoms with Gasteiger partial charge in [0.25, 0.3) is 0 Å². The number of unbranched alkanes of at least 4 members (excludes halogenated alkanes) is 5. The Bertz CT molecular complexity index is 619. The summed E-state index contributed by atoms with van der Waals surface area (Å²) in [7, 11) is 0. The van der Waals surface area contributed by atoms with Gasteiger partial charge < -0.3 is 4.57 Å². The Kier molecular flexibility index (Phi) is 5.80. The van der Waals surface area contributed by atoms with Crippen molar-refractivity contribution in [1.82, 2.24) is 9.55 Å². The van der Waals surface area contributed by atoms with Crippen LogP contribution in [-0.2, 0) is 13.0 Å². The van der Waals surface area contributed by atoms with Gasteiger partial charge in [-0.2, -0.15) is 5.26 Å². The highest BCUT2D eigenvalue weighted by molar-refractivity contribution is 5.77. The average Bonchev–Trinajstić information content (AvgIpc) is 2.87. The summed E-state index contributed by atoms with van der Waals surface area (Å²) >= 11 is 0. The Morgan fingerprint density at radius 2 is 1.86 bits per heavy atom. The Hall–Kier alpha value is -1.82. The van der Waals surface area contributed by atoms with Gasteiger partial charge in [0.05, 0.1) is 22.7 Å². The molecular weight excluding hydrogens is 258 g/mol. The van der Waals surface area contributed by atoms with Crippen LogP contribution in [0.4, 0.5) is 0 Å². The number of fused-ring (bicyclic) bond motifs is 1. The van der Waals surface area contributed by atoms with Crippen LogP contribution >= 0.6 is 0 Å². The summed E-state index contributed by atoms with van der Waals surface area (Å²) in [5.74, 6) is 1.16. The Morgan fingerprint density at radius 3 is 2.57 bits per heavy atom. The fourth-order valence-electron chi connectivity index (χ4n) is 2.86. The van der Waals surface area contributed by atoms with Crippen LogP contribution in [0.15, 0.2) is 18.2 Å². The molecular formula is C18H25N3. The van der Waals surface area contributed by atoms with Crippen LogP contribution in [0.1, 0.15) is 63.8 Å². The molecule has 0 bridgehead atoms. The first-order chi connectivity index (χ1) is 10.3. The summed E-state index contributed by atoms with van der Waals surface area (Å²) in [4.78, 5) is 4.74. The summed E-state index contributed by atoms with van der Waals surface area (Å²) < 4.78 is 2.28. The SMILES string of the molecule is CCCCCCCCc1nc2cc(C#N)ccc2n1CC. The molecule has 0 unspecified atom stereocenters. The zero-order chi connectivity index (χ0) is 15.1. The van der Waals surface area contributed by atoms with Crippen molar-refractivity contribution >= 4 is 11.0 Å². The molecule has 1 aromatic carbocycles. The number of aromatic nitrogens is 2. The lowest BCUT2D eigenvalue weighted by Gasteiger charge is -2.06. The lowest BCUT2D eigenvalue weighted by Crippen LogP contribution is -2.01. The third kappa shape index (κ3) is 3.85. The minimum absolute atomic E-state index is 0.689. The summed E-state index contributed by atoms with van der Waals surface area (Å²) in [5, 5.41) is 8.99. The monoisotopic (exact) mass is 283 g/mol. The van der Waals surface area contributed by atoms with E-state index < -0.39 is 0 Å². The van der Waals surface area contributed by atoms with E-state index in [4.69, 9.17) is 10.2 Å². The van der Waals surface area contributed by atoms with Gasteiger partial charge in [0.15, 0.2) is 0 Å². The highest BCUT2D eigenvalue weighted by Gasteiger charge is 2.09. The van der Waals surface area contributed by atoms with Crippen LogP contribution in [0.2, 0.25) is 0 Å². The third-order valence-corrected chi connectivity index (χ3v) is 4.03. The molecule has 0 spiro atoms. The number of benzene rings is 1. The molecule has 0 radical (unpaired) electrons. The second-order valence-electron chi connectivity index (χ2n) is 5.61. The lowest BCUT2D eigenvalue weighted by atomic mass is 10.1. The van der Waals surface area contributed by atoms with E-state index >= 15 is 0 Å². The quantitative estimate of drug-likeness (QED) is 0.651. The lowest BCUT2D eigenvalue weighted by molar-refractivity contribution is 0.590. The van der Waals surface area contributed by atoms with E-state index in [1.165, 1.54) is 38.5 Å². The molecule has 0 aliphatic rings. The molecule has 1 aromatic heterocycles. The van der Waals surface area contributed by atoms with Crippen molar-refractivity contribution < 1.29 is 0 Å². The summed E-state index contributed by atoms with van der Waals surface area (Å²) in [6.07, 6.45) is 8.87. The van der Waals surface area contributed by atoms with Crippen LogP contribution < -0.4 is 0 Å². The Balaban J connectivity index is 2.03. The van der Waals surface area contributed by atoms with E-state index in [-0.39, 0.29) is 0 Å². The van der Waals surface area contributed by atoms with E-state index in [1.807, 2.05) is 18.2 Å². The second kappa shape index (κ2) is 7.83. The van der Waals surface area contributed by atoms with Gasteiger partial charge in [-0.05, 0) is 31.5 Å². The molecule has 3 nitrogen and oxygen atoms in total. The number of imidazole rings is 1. The van der Waals surface area contributed by atoms with Crippen LogP contribution in [-0.4, -0.2) is 9.55 Å². The summed E-state index contributed by atoms with van der Waals surface area (Å²) in [5.41, 5.74) is 2.80. The normalized spacial score (nSPS) is 10.9. The number of aryl methyl sites for hydroxylation is 2. The third-order valence-electron chi connectivity index (χ3n) is 4.03. The Morgan fingerprint density at radius 1 is 1.10 bits per heavy atom. The summed E-state index contributed by atoms with van der Waals surface area (Å²) in [6.45, 7) is 5.34. The van der Waals surface area contributed by atoms with Gasteiger partial charge >= 0.3 is 0 Å². The zero-order valence-electron chi connectivity index (χ0n) is 13.2. The zero-order valence-corrected chi connectivity index (χ0v) is 13.2. The van der Waals surface area contributed by atoms with Gasteiger partial charge in [-0.25, -0.2) is 4.98 Å². The molecule has 0 saturated heterocycles. The largest absolute Gasteiger partial charge is 0.328 e. The van der Waals surface area contributed by atoms with Crippen LogP contribution in [0.25, 0.3) is 11.0 Å². The van der Waals surface area contributed by atoms with Crippen molar-refractivity contribution in [3.63, 3.8) is 0 Å². The van der Waals surface area contributed by atoms with E-state index in [0.717, 1.165) is 29.8 Å². The topological polar surface area (TPSA) is 41.6 Å². The minimum atomic E-state index is 0.689. The van der Waals surface area contributed by atoms with Crippen LogP contribution in [0, 0.1) is 11.3 Å². The first-order valence-corrected chi connectivity index (χ1v) is 8.19. The van der Waals surface area contributed by atoms with E-state index in [0.29, 0.717) is 5.56 Å². The maximum atomic E-state index is 8.99. The summed E-state index contributed by atoms with van der Waals surface area (Å²) in [6, 6.07) is 7.99. The van der Waals surface area contributed by atoms with Gasteiger partial charge in [-0.3, -0.25) is 0 Å². The van der Waals surface area contributed by atoms with Crippen LogP contribution in [0.5, 0.6) is 0 Å². The number of hydrogen-bond donors (Lipinski definition) is 0. The Labute approximate surface area is 127 Å². The predicted octanol–water partition coefficient (Wildman–Crippen LogP) is 4.83. The molecule has 21 heavy (non-hydrogen) atoms. The molecule has 0 atom stereocenters. The smallest absolute Gasteiger partial charge is 0.109 e. The van der Waals surface area contributed by atoms with Crippen molar-refractivity contribution in [2.45, 2.75) is 65.3 Å². The van der Waals surface area contributed by atoms with Gasteiger partial charge in [0, 0.05) is 13.0 Å². The molecule has 112 valence electrons. The first-order valence-electron chi connectivity index (χ1n) is 8.19. The van der Waals surface area contributed by atoms with Crippen molar-refractivity contribution in [1.29, 1.82) is 5.26 Å². The number of nitrogens with zero attached hydrogens (tertiary/aromatic N) is 3. The molecule has 0 saturated carbocycles. The van der Waals surface area contributed by atoms with E-state index in [2.05, 4.69) is 24.5 Å². The number of hydrogen-bond acceptors (Lipinski definition) is 2. The number of nitriles is 1. The fraction of sp³-hybridized carbons (Fsp3) is 0.556. The average molecular weight is 283 g/mol. The molecule has 2 aromatic rings. The van der Waals surface area contributed by atoms with Gasteiger partial charge in [0.1, 0.15) is 5.82 Å². The predicted molar refractivity (Wildman–Crippen MR) is 87.2 cm³/mol. The highest BCUT2D eigenvalue weighted by Crippen LogP contribution is 2.19. The van der Waals surface area contributed by atoms with Gasteiger partial charge in [0.2, 0.25) is 0 Å². The standard InChI is InChI=1S/C18H25N3/c1-3-5-6-7-8-9-10-18-20-16-13-15(14-19)11-12-17(16)21(18)4-2/h11-13H,3-10H2,1-2H3. The molecule has 1 heterocycles. The second-order valence-corrected chi connectivity index (χ2v) is 5.61. The molecule has 0 aliphatic carbocycles. The molecule has 3 heteroatoms. The molecule has 0 fully saturated rings. The van der Waals surface area contributed by atoms with Crippen molar-refractivity contribution in [2.24, 2.45) is 0 Å². The van der Waals surface area contributed by atoms with Crippen molar-refractivity contribution in [3.05, 3.63) is 29.6 Å². The number of rotatable bonds is 8. The van der Waals surface area contributed by atoms with Crippen molar-refractivity contribution in [3.8, 4) is 6.07 Å². The molecule has 0 aliphatic heterocycles. The van der Waals surface area contributed by atoms with E-state index in [1.54, 1.807) is 0 Å². The van der Waals surface area contributed by atoms with Crippen LogP contribution in [0.3, 0.4) is 0 Å². The van der Waals surface area contributed by atoms with E-state index in [9.17, 15) is 0 Å². The molecule has 0 N–H and O–H groups in total. The molecule has 0 amide bonds. The van der Waals surface area contributed by atoms with Gasteiger partial charge in [-0.1, -0.05) is 39.0 Å². The molecule has 2 rings (SSSR count). The highest BCUT2D eigenvalue weighted by atomic mass is 15.1.